The number of hydrogen-bond acceptors (Lipinski definition) is 2. The molecule has 0 heterocycles. The average molecular weight is 414 g/mol. The van der Waals surface area contributed by atoms with Gasteiger partial charge in [0.05, 0.1) is 6.54 Å². The zero-order chi connectivity index (χ0) is 20.9. The molecule has 0 N–H and O–H groups in total. The van der Waals surface area contributed by atoms with Gasteiger partial charge in [-0.2, -0.15) is 0 Å². The van der Waals surface area contributed by atoms with E-state index >= 15 is 0 Å². The zero-order valence-corrected chi connectivity index (χ0v) is 17.7. The third-order valence-corrected chi connectivity index (χ3v) is 5.68. The minimum absolute atomic E-state index is 0.0944. The van der Waals surface area contributed by atoms with Gasteiger partial charge in [-0.05, 0) is 53.6 Å². The Hall–Kier alpha value is -2.94. The molecule has 0 spiro atoms. The zero-order valence-electron chi connectivity index (χ0n) is 17.0. The Kier molecular flexibility index (Phi) is 6.27. The lowest BCUT2D eigenvalue weighted by Crippen LogP contribution is -2.26. The van der Waals surface area contributed by atoms with Gasteiger partial charge in [-0.15, -0.1) is 0 Å². The quantitative estimate of drug-likeness (QED) is 0.347. The first-order valence-corrected chi connectivity index (χ1v) is 10.5. The van der Waals surface area contributed by atoms with E-state index < -0.39 is 0 Å². The van der Waals surface area contributed by atoms with E-state index in [4.69, 9.17) is 11.6 Å². The molecule has 1 aliphatic rings. The van der Waals surface area contributed by atoms with Crippen molar-refractivity contribution in [3.63, 3.8) is 0 Å². The van der Waals surface area contributed by atoms with Crippen LogP contribution in [0.15, 0.2) is 84.9 Å². The maximum Gasteiger partial charge on any atom is 0.176 e. The molecule has 0 fully saturated rings. The Bertz CT molecular complexity index is 1050. The van der Waals surface area contributed by atoms with Crippen molar-refractivity contribution < 1.29 is 4.79 Å². The van der Waals surface area contributed by atoms with Gasteiger partial charge in [0.2, 0.25) is 0 Å². The van der Waals surface area contributed by atoms with Crippen molar-refractivity contribution in [1.82, 2.24) is 4.90 Å². The van der Waals surface area contributed by atoms with E-state index in [0.717, 1.165) is 0 Å². The first-order valence-electron chi connectivity index (χ1n) is 10.1. The van der Waals surface area contributed by atoms with Gasteiger partial charge in [0.25, 0.3) is 0 Å². The first-order chi connectivity index (χ1) is 14.6. The summed E-state index contributed by atoms with van der Waals surface area (Å²) in [6, 6.07) is 24.1. The Labute approximate surface area is 183 Å². The number of halogens is 1. The van der Waals surface area contributed by atoms with Crippen molar-refractivity contribution >= 4 is 29.5 Å². The molecule has 0 aliphatic heterocycles. The van der Waals surface area contributed by atoms with Gasteiger partial charge in [0.15, 0.2) is 5.78 Å². The fourth-order valence-electron chi connectivity index (χ4n) is 3.86. The highest BCUT2D eigenvalue weighted by Gasteiger charge is 2.18. The van der Waals surface area contributed by atoms with Crippen LogP contribution in [0.5, 0.6) is 0 Å². The average Bonchev–Trinajstić information content (AvgIpc) is 2.91. The molecule has 0 atom stereocenters. The number of carbonyl (C=O) groups excluding carboxylic acids is 1. The predicted molar refractivity (Wildman–Crippen MR) is 126 cm³/mol. The molecule has 0 amide bonds. The second-order valence-corrected chi connectivity index (χ2v) is 8.06. The van der Waals surface area contributed by atoms with E-state index in [-0.39, 0.29) is 11.7 Å². The number of carbonyl (C=O) groups is 1. The summed E-state index contributed by atoms with van der Waals surface area (Å²) >= 11 is 5.91. The first kappa shape index (κ1) is 20.3. The molecular weight excluding hydrogens is 390 g/mol. The van der Waals surface area contributed by atoms with Crippen LogP contribution in [0.25, 0.3) is 12.2 Å². The van der Waals surface area contributed by atoms with Gasteiger partial charge in [-0.25, -0.2) is 0 Å². The fraction of sp³-hybridized carbons (Fsp3) is 0.148. The van der Waals surface area contributed by atoms with E-state index in [1.807, 2.05) is 11.9 Å². The van der Waals surface area contributed by atoms with Gasteiger partial charge in [-0.1, -0.05) is 84.4 Å². The lowest BCUT2D eigenvalue weighted by molar-refractivity contribution is 0.0952. The number of fused-ring (bicyclic) bond motifs is 2. The SMILES string of the molecule is CN(CC=CC1c2ccccc2C=Cc2ccccc21)CC(=O)c1ccc(Cl)cc1. The van der Waals surface area contributed by atoms with Gasteiger partial charge in [0, 0.05) is 23.0 Å². The van der Waals surface area contributed by atoms with E-state index in [1.54, 1.807) is 24.3 Å². The Morgan fingerprint density at radius 2 is 1.47 bits per heavy atom. The Morgan fingerprint density at radius 1 is 0.900 bits per heavy atom. The van der Waals surface area contributed by atoms with Crippen LogP contribution in [0.1, 0.15) is 38.5 Å². The number of benzene rings is 3. The van der Waals surface area contributed by atoms with E-state index in [1.165, 1.54) is 22.3 Å². The summed E-state index contributed by atoms with van der Waals surface area (Å²) in [4.78, 5) is 14.5. The summed E-state index contributed by atoms with van der Waals surface area (Å²) in [5, 5.41) is 0.640. The van der Waals surface area contributed by atoms with Gasteiger partial charge in [0.1, 0.15) is 0 Å². The lowest BCUT2D eigenvalue weighted by atomic mass is 9.87. The molecule has 3 aromatic rings. The highest BCUT2D eigenvalue weighted by atomic mass is 35.5. The minimum atomic E-state index is 0.0944. The number of rotatable bonds is 6. The summed E-state index contributed by atoms with van der Waals surface area (Å²) in [6.07, 6.45) is 8.81. The third-order valence-electron chi connectivity index (χ3n) is 5.43. The number of allylic oxidation sites excluding steroid dienone is 1. The Morgan fingerprint density at radius 3 is 2.07 bits per heavy atom. The third kappa shape index (κ3) is 4.62. The molecule has 4 rings (SSSR count). The molecule has 3 aromatic carbocycles. The smallest absolute Gasteiger partial charge is 0.176 e. The lowest BCUT2D eigenvalue weighted by Gasteiger charge is -2.18. The van der Waals surface area contributed by atoms with Crippen LogP contribution in [0.3, 0.4) is 0 Å². The van der Waals surface area contributed by atoms with Crippen molar-refractivity contribution in [1.29, 1.82) is 0 Å². The van der Waals surface area contributed by atoms with Crippen LogP contribution in [-0.2, 0) is 0 Å². The molecule has 0 unspecified atom stereocenters. The molecule has 150 valence electrons. The Balaban J connectivity index is 1.49. The number of likely N-dealkylation sites (N-methyl/N-ethyl adjacent to an activating group) is 1. The molecule has 1 aliphatic carbocycles. The van der Waals surface area contributed by atoms with Crippen LogP contribution in [0.2, 0.25) is 5.02 Å². The monoisotopic (exact) mass is 413 g/mol. The fourth-order valence-corrected chi connectivity index (χ4v) is 3.99. The highest BCUT2D eigenvalue weighted by Crippen LogP contribution is 2.35. The molecule has 0 bridgehead atoms. The summed E-state index contributed by atoms with van der Waals surface area (Å²) in [5.41, 5.74) is 5.78. The summed E-state index contributed by atoms with van der Waals surface area (Å²) in [7, 11) is 1.97. The molecule has 0 aromatic heterocycles. The van der Waals surface area contributed by atoms with Gasteiger partial charge < -0.3 is 0 Å². The minimum Gasteiger partial charge on any atom is -0.295 e. The van der Waals surface area contributed by atoms with Crippen LogP contribution < -0.4 is 0 Å². The topological polar surface area (TPSA) is 20.3 Å². The maximum atomic E-state index is 12.5. The molecule has 0 radical (unpaired) electrons. The number of hydrogen-bond donors (Lipinski definition) is 0. The van der Waals surface area contributed by atoms with Crippen molar-refractivity contribution in [2.75, 3.05) is 20.1 Å². The van der Waals surface area contributed by atoms with Crippen molar-refractivity contribution in [2.45, 2.75) is 5.92 Å². The standard InChI is InChI=1S/C27H24ClNO/c1-29(19-27(30)22-14-16-23(28)17-15-22)18-6-11-26-24-9-4-2-7-20(24)12-13-21-8-3-5-10-25(21)26/h2-17,26H,18-19H2,1H3. The van der Waals surface area contributed by atoms with E-state index in [2.05, 4.69) is 72.8 Å². The summed E-state index contributed by atoms with van der Waals surface area (Å²) in [6.45, 7) is 1.07. The van der Waals surface area contributed by atoms with Crippen LogP contribution >= 0.6 is 11.6 Å². The van der Waals surface area contributed by atoms with Crippen molar-refractivity contribution in [2.24, 2.45) is 0 Å². The molecule has 0 saturated heterocycles. The largest absolute Gasteiger partial charge is 0.295 e. The van der Waals surface area contributed by atoms with Crippen LogP contribution in [-0.4, -0.2) is 30.8 Å². The molecule has 30 heavy (non-hydrogen) atoms. The number of nitrogens with zero attached hydrogens (tertiary/aromatic N) is 1. The molecule has 2 nitrogen and oxygen atoms in total. The van der Waals surface area contributed by atoms with Gasteiger partial charge in [-0.3, -0.25) is 9.69 Å². The molecule has 0 saturated carbocycles. The number of Topliss-reactive ketones (excluding diaryl/α,β-unsaturated/α-hetero) is 1. The molecule has 3 heteroatoms. The second kappa shape index (κ2) is 9.25. The van der Waals surface area contributed by atoms with E-state index in [0.29, 0.717) is 23.7 Å². The summed E-state index contributed by atoms with van der Waals surface area (Å²) < 4.78 is 0. The van der Waals surface area contributed by atoms with Crippen molar-refractivity contribution in [3.8, 4) is 0 Å². The van der Waals surface area contributed by atoms with E-state index in [9.17, 15) is 4.79 Å². The summed E-state index contributed by atoms with van der Waals surface area (Å²) in [5.74, 6) is 0.282. The predicted octanol–water partition coefficient (Wildman–Crippen LogP) is 6.33. The van der Waals surface area contributed by atoms with Gasteiger partial charge >= 0.3 is 0 Å². The maximum absolute atomic E-state index is 12.5. The van der Waals surface area contributed by atoms with Crippen LogP contribution in [0.4, 0.5) is 0 Å². The second-order valence-electron chi connectivity index (χ2n) is 7.62. The normalized spacial score (nSPS) is 13.3. The number of ketones is 1. The van der Waals surface area contributed by atoms with Crippen molar-refractivity contribution in [3.05, 3.63) is 118 Å². The molecular formula is C27H24ClNO. The van der Waals surface area contributed by atoms with Crippen LogP contribution in [0, 0.1) is 0 Å². The highest BCUT2D eigenvalue weighted by molar-refractivity contribution is 6.30.